The molecule has 23 heavy (non-hydrogen) atoms. The number of nitrogens with zero attached hydrogens (tertiary/aromatic N) is 5. The number of H-pyrrole nitrogens is 1. The van der Waals surface area contributed by atoms with Gasteiger partial charge in [0, 0.05) is 6.20 Å². The zero-order valence-corrected chi connectivity index (χ0v) is 12.1. The van der Waals surface area contributed by atoms with E-state index in [1.165, 1.54) is 12.5 Å². The number of rotatable bonds is 6. The molecule has 0 saturated heterocycles. The molecule has 3 heterocycles. The van der Waals surface area contributed by atoms with Crippen LogP contribution in [0, 0.1) is 0 Å². The van der Waals surface area contributed by atoms with Crippen LogP contribution in [-0.4, -0.2) is 42.9 Å². The van der Waals surface area contributed by atoms with Gasteiger partial charge in [0.1, 0.15) is 11.9 Å². The van der Waals surface area contributed by atoms with Crippen molar-refractivity contribution < 1.29 is 18.8 Å². The molecule has 1 N–H and O–H groups in total. The van der Waals surface area contributed by atoms with E-state index < -0.39 is 5.97 Å². The zero-order chi connectivity index (χ0) is 16.1. The highest BCUT2D eigenvalue weighted by Gasteiger charge is 2.17. The van der Waals surface area contributed by atoms with Gasteiger partial charge in [0.25, 0.3) is 5.89 Å². The van der Waals surface area contributed by atoms with E-state index in [1.54, 1.807) is 19.1 Å². The van der Waals surface area contributed by atoms with Gasteiger partial charge in [-0.3, -0.25) is 5.10 Å². The summed E-state index contributed by atoms with van der Waals surface area (Å²) in [7, 11) is 0. The predicted octanol–water partition coefficient (Wildman–Crippen LogP) is 1.01. The Bertz CT molecular complexity index is 785. The number of aromatic amines is 1. The Morgan fingerprint density at radius 3 is 3.09 bits per heavy atom. The maximum atomic E-state index is 12.1. The smallest absolute Gasteiger partial charge is 0.344 e. The Balaban J connectivity index is 1.65. The number of esters is 1. The number of hydrogen-bond donors (Lipinski definition) is 1. The molecule has 3 rings (SSSR count). The van der Waals surface area contributed by atoms with Gasteiger partial charge in [0.15, 0.2) is 12.4 Å². The first-order valence-electron chi connectivity index (χ1n) is 6.71. The van der Waals surface area contributed by atoms with Gasteiger partial charge in [0.2, 0.25) is 11.7 Å². The molecule has 0 atom stereocenters. The summed E-state index contributed by atoms with van der Waals surface area (Å²) in [5, 5.41) is 9.99. The third-order valence-corrected chi connectivity index (χ3v) is 2.69. The van der Waals surface area contributed by atoms with Gasteiger partial charge in [0.05, 0.1) is 6.61 Å². The highest BCUT2D eigenvalue weighted by molar-refractivity contribution is 5.91. The normalized spacial score (nSPS) is 10.5. The highest BCUT2D eigenvalue weighted by Crippen LogP contribution is 2.16. The van der Waals surface area contributed by atoms with Gasteiger partial charge >= 0.3 is 5.97 Å². The van der Waals surface area contributed by atoms with E-state index in [9.17, 15) is 4.79 Å². The SMILES string of the molecule is CCOc1ncccc1C(=O)OCc1nc(-c2ncn[nH]2)no1. The molecule has 0 aliphatic carbocycles. The summed E-state index contributed by atoms with van der Waals surface area (Å²) in [6.45, 7) is 2.01. The maximum absolute atomic E-state index is 12.1. The topological polar surface area (TPSA) is 129 Å². The van der Waals surface area contributed by atoms with E-state index in [0.29, 0.717) is 12.4 Å². The molecule has 10 heteroatoms. The molecule has 0 aromatic carbocycles. The van der Waals surface area contributed by atoms with Crippen LogP contribution in [0.15, 0.2) is 29.2 Å². The number of ether oxygens (including phenoxy) is 2. The molecule has 0 unspecified atom stereocenters. The lowest BCUT2D eigenvalue weighted by molar-refractivity contribution is 0.0424. The molecule has 0 aliphatic rings. The monoisotopic (exact) mass is 316 g/mol. The van der Waals surface area contributed by atoms with Crippen molar-refractivity contribution >= 4 is 5.97 Å². The fraction of sp³-hybridized carbons (Fsp3) is 0.231. The lowest BCUT2D eigenvalue weighted by Gasteiger charge is -2.07. The van der Waals surface area contributed by atoms with Gasteiger partial charge in [-0.25, -0.2) is 14.8 Å². The molecule has 0 fully saturated rings. The molecule has 0 saturated carbocycles. The number of hydrogen-bond acceptors (Lipinski definition) is 9. The van der Waals surface area contributed by atoms with E-state index in [0.717, 1.165) is 0 Å². The number of carbonyl (C=O) groups is 1. The second-order valence-electron chi connectivity index (χ2n) is 4.21. The third-order valence-electron chi connectivity index (χ3n) is 2.69. The van der Waals surface area contributed by atoms with Crippen LogP contribution in [0.4, 0.5) is 0 Å². The molecule has 0 aliphatic heterocycles. The third kappa shape index (κ3) is 3.31. The average Bonchev–Trinajstić information content (AvgIpc) is 3.24. The summed E-state index contributed by atoms with van der Waals surface area (Å²) < 4.78 is 15.4. The molecule has 118 valence electrons. The van der Waals surface area contributed by atoms with Crippen LogP contribution in [0.2, 0.25) is 0 Å². The Hall–Kier alpha value is -3.30. The second kappa shape index (κ2) is 6.64. The standard InChI is InChI=1S/C13H12N6O4/c1-2-21-12-8(4-3-5-14-12)13(20)22-6-9-17-11(19-23-9)10-15-7-16-18-10/h3-5,7H,2,6H2,1H3,(H,15,16,18). The minimum absolute atomic E-state index is 0.131. The molecule has 0 radical (unpaired) electrons. The fourth-order valence-electron chi connectivity index (χ4n) is 1.73. The predicted molar refractivity (Wildman–Crippen MR) is 74.2 cm³/mol. The minimum Gasteiger partial charge on any atom is -0.477 e. The summed E-state index contributed by atoms with van der Waals surface area (Å²) in [6.07, 6.45) is 2.85. The van der Waals surface area contributed by atoms with Gasteiger partial charge in [-0.2, -0.15) is 10.1 Å². The van der Waals surface area contributed by atoms with Crippen LogP contribution in [-0.2, 0) is 11.3 Å². The van der Waals surface area contributed by atoms with Crippen molar-refractivity contribution in [3.05, 3.63) is 36.1 Å². The zero-order valence-electron chi connectivity index (χ0n) is 12.1. The molecular formula is C13H12N6O4. The summed E-state index contributed by atoms with van der Waals surface area (Å²) in [6, 6.07) is 3.18. The van der Waals surface area contributed by atoms with Crippen LogP contribution in [0.1, 0.15) is 23.2 Å². The van der Waals surface area contributed by atoms with Gasteiger partial charge in [-0.1, -0.05) is 5.16 Å². The van der Waals surface area contributed by atoms with Crippen molar-refractivity contribution in [2.24, 2.45) is 0 Å². The molecule has 3 aromatic rings. The van der Waals surface area contributed by atoms with Crippen LogP contribution >= 0.6 is 0 Å². The summed E-state index contributed by atoms with van der Waals surface area (Å²) >= 11 is 0. The molecule has 0 spiro atoms. The van der Waals surface area contributed by atoms with Gasteiger partial charge in [-0.05, 0) is 19.1 Å². The van der Waals surface area contributed by atoms with E-state index in [1.807, 2.05) is 0 Å². The Morgan fingerprint density at radius 2 is 2.30 bits per heavy atom. The second-order valence-corrected chi connectivity index (χ2v) is 4.21. The average molecular weight is 316 g/mol. The van der Waals surface area contributed by atoms with E-state index in [4.69, 9.17) is 14.0 Å². The first-order valence-corrected chi connectivity index (χ1v) is 6.71. The molecule has 10 nitrogen and oxygen atoms in total. The van der Waals surface area contributed by atoms with Gasteiger partial charge < -0.3 is 14.0 Å². The lowest BCUT2D eigenvalue weighted by Crippen LogP contribution is -2.09. The van der Waals surface area contributed by atoms with E-state index in [2.05, 4.69) is 30.3 Å². The minimum atomic E-state index is -0.596. The van der Waals surface area contributed by atoms with Crippen molar-refractivity contribution in [1.29, 1.82) is 0 Å². The first-order chi connectivity index (χ1) is 11.3. The Kier molecular flexibility index (Phi) is 4.22. The fourth-order valence-corrected chi connectivity index (χ4v) is 1.73. The van der Waals surface area contributed by atoms with Crippen LogP contribution in [0.25, 0.3) is 11.6 Å². The van der Waals surface area contributed by atoms with Crippen LogP contribution in [0.3, 0.4) is 0 Å². The summed E-state index contributed by atoms with van der Waals surface area (Å²) in [5.41, 5.74) is 0.226. The van der Waals surface area contributed by atoms with Crippen LogP contribution < -0.4 is 4.74 Å². The quantitative estimate of drug-likeness (QED) is 0.662. The van der Waals surface area contributed by atoms with Crippen molar-refractivity contribution in [3.8, 4) is 17.5 Å². The number of carbonyl (C=O) groups excluding carboxylic acids is 1. The van der Waals surface area contributed by atoms with Crippen LogP contribution in [0.5, 0.6) is 5.88 Å². The van der Waals surface area contributed by atoms with Crippen molar-refractivity contribution in [3.63, 3.8) is 0 Å². The molecule has 0 bridgehead atoms. The van der Waals surface area contributed by atoms with Crippen molar-refractivity contribution in [2.75, 3.05) is 6.61 Å². The largest absolute Gasteiger partial charge is 0.477 e. The van der Waals surface area contributed by atoms with E-state index >= 15 is 0 Å². The molecule has 0 amide bonds. The maximum Gasteiger partial charge on any atom is 0.344 e. The highest BCUT2D eigenvalue weighted by atomic mass is 16.6. The Morgan fingerprint density at radius 1 is 1.39 bits per heavy atom. The van der Waals surface area contributed by atoms with Gasteiger partial charge in [-0.15, -0.1) is 0 Å². The number of aromatic nitrogens is 6. The first kappa shape index (κ1) is 14.6. The van der Waals surface area contributed by atoms with E-state index in [-0.39, 0.29) is 29.8 Å². The lowest BCUT2D eigenvalue weighted by atomic mass is 10.3. The number of pyridine rings is 1. The Labute approximate surface area is 129 Å². The summed E-state index contributed by atoms with van der Waals surface area (Å²) in [5.74, 6) is 0.336. The molecule has 3 aromatic heterocycles. The van der Waals surface area contributed by atoms with Crippen molar-refractivity contribution in [1.82, 2.24) is 30.3 Å². The summed E-state index contributed by atoms with van der Waals surface area (Å²) in [4.78, 5) is 24.0. The number of nitrogens with one attached hydrogen (secondary N) is 1. The molecular weight excluding hydrogens is 304 g/mol. The van der Waals surface area contributed by atoms with Crippen molar-refractivity contribution in [2.45, 2.75) is 13.5 Å².